The van der Waals surface area contributed by atoms with Crippen LogP contribution in [-0.2, 0) is 0 Å². The van der Waals surface area contributed by atoms with Gasteiger partial charge in [-0.25, -0.2) is 4.98 Å². The first-order valence-corrected chi connectivity index (χ1v) is 6.67. The van der Waals surface area contributed by atoms with E-state index in [0.29, 0.717) is 5.69 Å². The van der Waals surface area contributed by atoms with E-state index in [1.165, 1.54) is 0 Å². The number of amides is 1. The molecule has 0 saturated carbocycles. The van der Waals surface area contributed by atoms with Gasteiger partial charge in [-0.3, -0.25) is 9.78 Å². The summed E-state index contributed by atoms with van der Waals surface area (Å²) in [5.41, 5.74) is 1.48. The third-order valence-corrected chi connectivity index (χ3v) is 3.51. The zero-order valence-corrected chi connectivity index (χ0v) is 12.3. The van der Waals surface area contributed by atoms with Crippen LogP contribution >= 0.6 is 15.9 Å². The number of nitrogens with zero attached hydrogens (tertiary/aromatic N) is 3. The molecule has 0 bridgehead atoms. The molecule has 2 aromatic heterocycles. The fourth-order valence-electron chi connectivity index (χ4n) is 1.72. The lowest BCUT2D eigenvalue weighted by molar-refractivity contribution is 0.0736. The zero-order valence-electron chi connectivity index (χ0n) is 10.7. The second-order valence-electron chi connectivity index (χ2n) is 4.23. The lowest BCUT2D eigenvalue weighted by Gasteiger charge is -2.24. The Morgan fingerprint density at radius 2 is 1.95 bits per heavy atom. The third kappa shape index (κ3) is 3.17. The van der Waals surface area contributed by atoms with Crippen LogP contribution in [0.25, 0.3) is 0 Å². The minimum absolute atomic E-state index is 0.0269. The first-order valence-electron chi connectivity index (χ1n) is 5.88. The van der Waals surface area contributed by atoms with Crippen LogP contribution in [0.5, 0.6) is 0 Å². The fraction of sp³-hybridized carbons (Fsp3) is 0.214. The van der Waals surface area contributed by atoms with E-state index >= 15 is 0 Å². The molecule has 1 amide bonds. The Hall–Kier alpha value is -1.75. The molecule has 0 fully saturated rings. The first kappa shape index (κ1) is 13.7. The van der Waals surface area contributed by atoms with Crippen LogP contribution in [0, 0.1) is 0 Å². The SMILES string of the molecule is CC(c1ccncc1)N(C)C(=O)c1ccc(Br)cn1. The maximum atomic E-state index is 12.3. The molecule has 0 spiro atoms. The minimum atomic E-state index is -0.100. The van der Waals surface area contributed by atoms with Crippen molar-refractivity contribution in [3.63, 3.8) is 0 Å². The Bertz CT molecular complexity index is 557. The van der Waals surface area contributed by atoms with E-state index < -0.39 is 0 Å². The van der Waals surface area contributed by atoms with Crippen LogP contribution in [0.3, 0.4) is 0 Å². The first-order chi connectivity index (χ1) is 9.09. The average molecular weight is 320 g/mol. The van der Waals surface area contributed by atoms with Crippen LogP contribution in [-0.4, -0.2) is 27.8 Å². The molecule has 2 rings (SSSR count). The summed E-state index contributed by atoms with van der Waals surface area (Å²) in [5, 5.41) is 0. The molecule has 0 aliphatic carbocycles. The van der Waals surface area contributed by atoms with Crippen LogP contribution in [0.4, 0.5) is 0 Å². The van der Waals surface area contributed by atoms with Crippen LogP contribution < -0.4 is 0 Å². The molecule has 2 heterocycles. The molecule has 0 radical (unpaired) electrons. The van der Waals surface area contributed by atoms with Gasteiger partial charge in [0.05, 0.1) is 6.04 Å². The molecule has 0 saturated heterocycles. The van der Waals surface area contributed by atoms with Gasteiger partial charge in [-0.1, -0.05) is 0 Å². The summed E-state index contributed by atoms with van der Waals surface area (Å²) in [6.07, 6.45) is 5.07. The number of carbonyl (C=O) groups excluding carboxylic acids is 1. The molecule has 5 heteroatoms. The van der Waals surface area contributed by atoms with E-state index in [4.69, 9.17) is 0 Å². The molecule has 19 heavy (non-hydrogen) atoms. The lowest BCUT2D eigenvalue weighted by Crippen LogP contribution is -2.30. The maximum Gasteiger partial charge on any atom is 0.272 e. The Kier molecular flexibility index (Phi) is 4.27. The van der Waals surface area contributed by atoms with Crippen molar-refractivity contribution in [3.05, 3.63) is 58.6 Å². The van der Waals surface area contributed by atoms with Gasteiger partial charge in [-0.2, -0.15) is 0 Å². The minimum Gasteiger partial charge on any atom is -0.334 e. The van der Waals surface area contributed by atoms with Gasteiger partial charge in [0.25, 0.3) is 5.91 Å². The number of pyridine rings is 2. The van der Waals surface area contributed by atoms with Crippen LogP contribution in [0.1, 0.15) is 29.0 Å². The van der Waals surface area contributed by atoms with E-state index in [2.05, 4.69) is 25.9 Å². The Morgan fingerprint density at radius 1 is 1.26 bits per heavy atom. The predicted molar refractivity (Wildman–Crippen MR) is 76.7 cm³/mol. The topological polar surface area (TPSA) is 46.1 Å². The van der Waals surface area contributed by atoms with Crippen molar-refractivity contribution in [3.8, 4) is 0 Å². The van der Waals surface area contributed by atoms with Crippen LogP contribution in [0.15, 0.2) is 47.3 Å². The highest BCUT2D eigenvalue weighted by Crippen LogP contribution is 2.19. The van der Waals surface area contributed by atoms with Gasteiger partial charge >= 0.3 is 0 Å². The highest BCUT2D eigenvalue weighted by Gasteiger charge is 2.19. The van der Waals surface area contributed by atoms with Gasteiger partial charge in [0.15, 0.2) is 0 Å². The number of halogens is 1. The molecular formula is C14H14BrN3O. The largest absolute Gasteiger partial charge is 0.334 e. The maximum absolute atomic E-state index is 12.3. The van der Waals surface area contributed by atoms with Gasteiger partial charge in [-0.05, 0) is 52.7 Å². The van der Waals surface area contributed by atoms with E-state index in [1.54, 1.807) is 36.6 Å². The molecular weight excluding hydrogens is 306 g/mol. The smallest absolute Gasteiger partial charge is 0.272 e. The van der Waals surface area contributed by atoms with Crippen molar-refractivity contribution >= 4 is 21.8 Å². The average Bonchev–Trinajstić information content (AvgIpc) is 2.46. The number of hydrogen-bond donors (Lipinski definition) is 0. The molecule has 0 N–H and O–H groups in total. The van der Waals surface area contributed by atoms with Crippen LogP contribution in [0.2, 0.25) is 0 Å². The molecule has 4 nitrogen and oxygen atoms in total. The fourth-order valence-corrected chi connectivity index (χ4v) is 1.96. The summed E-state index contributed by atoms with van der Waals surface area (Å²) in [6.45, 7) is 1.98. The highest BCUT2D eigenvalue weighted by molar-refractivity contribution is 9.10. The van der Waals surface area contributed by atoms with Crippen molar-refractivity contribution in [2.45, 2.75) is 13.0 Å². The van der Waals surface area contributed by atoms with Gasteiger partial charge in [0.2, 0.25) is 0 Å². The Balaban J connectivity index is 2.17. The molecule has 0 aromatic carbocycles. The number of rotatable bonds is 3. The number of carbonyl (C=O) groups is 1. The molecule has 1 atom stereocenters. The van der Waals surface area contributed by atoms with Gasteiger partial charge in [-0.15, -0.1) is 0 Å². The van der Waals surface area contributed by atoms with Gasteiger partial charge in [0, 0.05) is 30.1 Å². The second kappa shape index (κ2) is 5.93. The van der Waals surface area contributed by atoms with Crippen molar-refractivity contribution in [1.29, 1.82) is 0 Å². The van der Waals surface area contributed by atoms with Crippen molar-refractivity contribution in [2.75, 3.05) is 7.05 Å². The quantitative estimate of drug-likeness (QED) is 0.873. The zero-order chi connectivity index (χ0) is 13.8. The molecule has 2 aromatic rings. The summed E-state index contributed by atoms with van der Waals surface area (Å²) >= 11 is 3.30. The second-order valence-corrected chi connectivity index (χ2v) is 5.15. The monoisotopic (exact) mass is 319 g/mol. The summed E-state index contributed by atoms with van der Waals surface area (Å²) in [4.78, 5) is 22.1. The molecule has 0 aliphatic heterocycles. The standard InChI is InChI=1S/C14H14BrN3O/c1-10(11-5-7-16-8-6-11)18(2)14(19)13-4-3-12(15)9-17-13/h3-10H,1-2H3. The van der Waals surface area contributed by atoms with Gasteiger partial charge < -0.3 is 4.90 Å². The third-order valence-electron chi connectivity index (χ3n) is 3.04. The summed E-state index contributed by atoms with van der Waals surface area (Å²) in [5.74, 6) is -0.100. The molecule has 0 aliphatic rings. The van der Waals surface area contributed by atoms with E-state index in [0.717, 1.165) is 10.0 Å². The number of hydrogen-bond acceptors (Lipinski definition) is 3. The van der Waals surface area contributed by atoms with Crippen molar-refractivity contribution in [1.82, 2.24) is 14.9 Å². The summed E-state index contributed by atoms with van der Waals surface area (Å²) in [7, 11) is 1.77. The Labute approximate surface area is 120 Å². The van der Waals surface area contributed by atoms with E-state index in [9.17, 15) is 4.79 Å². The number of aromatic nitrogens is 2. The summed E-state index contributed by atoms with van der Waals surface area (Å²) < 4.78 is 0.855. The van der Waals surface area contributed by atoms with E-state index in [1.807, 2.05) is 25.1 Å². The van der Waals surface area contributed by atoms with Crippen molar-refractivity contribution < 1.29 is 4.79 Å². The van der Waals surface area contributed by atoms with Gasteiger partial charge in [0.1, 0.15) is 5.69 Å². The molecule has 98 valence electrons. The highest BCUT2D eigenvalue weighted by atomic mass is 79.9. The Morgan fingerprint density at radius 3 is 2.53 bits per heavy atom. The van der Waals surface area contributed by atoms with Crippen molar-refractivity contribution in [2.24, 2.45) is 0 Å². The predicted octanol–water partition coefficient (Wildman–Crippen LogP) is 3.07. The molecule has 1 unspecified atom stereocenters. The van der Waals surface area contributed by atoms with E-state index in [-0.39, 0.29) is 11.9 Å². The normalized spacial score (nSPS) is 11.9. The summed E-state index contributed by atoms with van der Waals surface area (Å²) in [6, 6.07) is 7.31. The lowest BCUT2D eigenvalue weighted by atomic mass is 10.1.